The Morgan fingerprint density at radius 3 is 2.09 bits per heavy atom. The lowest BCUT2D eigenvalue weighted by Gasteiger charge is -2.16. The molecule has 0 aliphatic rings. The van der Waals surface area contributed by atoms with Crippen LogP contribution in [0, 0.1) is 5.41 Å². The Hall–Kier alpha value is -2.57. The Labute approximate surface area is 189 Å². The van der Waals surface area contributed by atoms with Crippen LogP contribution in [0.4, 0.5) is 13.2 Å². The number of furan rings is 1. The number of halogens is 3. The molecule has 0 aromatic carbocycles. The standard InChI is InChI=1S/C17H18F3NO3.C8H18/c1-5-13(14-6-7-24-9-14)8-15(17(18,19)20)10(2)21-16(11(3)22)12(4)23;1-5-6-7-8(2,3)4/h5-9,22H,1-4H3;5-7H2,1-4H3/b13-5+,15-8+,16-11+,21-10+;. The molecule has 1 rings (SSSR count). The van der Waals surface area contributed by atoms with E-state index in [-0.39, 0.29) is 0 Å². The number of Topliss-reactive ketones (excluding diaryl/α,β-unsaturated/α-hetero) is 1. The molecule has 32 heavy (non-hydrogen) atoms. The summed E-state index contributed by atoms with van der Waals surface area (Å²) in [5.41, 5.74) is -0.531. The molecule has 0 spiro atoms. The third-order valence-electron chi connectivity index (χ3n) is 4.40. The van der Waals surface area contributed by atoms with Gasteiger partial charge < -0.3 is 9.52 Å². The van der Waals surface area contributed by atoms with Crippen molar-refractivity contribution in [3.63, 3.8) is 0 Å². The quantitative estimate of drug-likeness (QED) is 0.195. The van der Waals surface area contributed by atoms with E-state index in [0.29, 0.717) is 16.6 Å². The number of unbranched alkanes of at least 4 members (excludes halogenated alkanes) is 1. The molecule has 1 aromatic heterocycles. The first-order chi connectivity index (χ1) is 14.6. The lowest BCUT2D eigenvalue weighted by molar-refractivity contribution is -0.113. The van der Waals surface area contributed by atoms with Gasteiger partial charge in [-0.15, -0.1) is 0 Å². The van der Waals surface area contributed by atoms with Gasteiger partial charge in [-0.2, -0.15) is 13.2 Å². The van der Waals surface area contributed by atoms with E-state index in [1.54, 1.807) is 6.92 Å². The van der Waals surface area contributed by atoms with Crippen molar-refractivity contribution < 1.29 is 27.5 Å². The number of rotatable bonds is 7. The molecule has 0 amide bonds. The predicted octanol–water partition coefficient (Wildman–Crippen LogP) is 8.23. The lowest BCUT2D eigenvalue weighted by atomic mass is 9.90. The maximum atomic E-state index is 13.4. The molecule has 0 unspecified atom stereocenters. The van der Waals surface area contributed by atoms with Crippen molar-refractivity contribution in [1.29, 1.82) is 0 Å². The summed E-state index contributed by atoms with van der Waals surface area (Å²) >= 11 is 0. The SMILES string of the molecule is CCCCC(C)(C)C.C\C=C(/C=C(\C(C)=N\C(C(C)=O)=C(/C)O)C(F)(F)F)c1ccoc1. The fraction of sp³-hybridized carbons (Fsp3) is 0.520. The molecule has 7 heteroatoms. The molecule has 1 N–H and O–H groups in total. The van der Waals surface area contributed by atoms with Crippen molar-refractivity contribution >= 4 is 17.1 Å². The Morgan fingerprint density at radius 2 is 1.78 bits per heavy atom. The molecule has 0 radical (unpaired) electrons. The maximum Gasteiger partial charge on any atom is 0.418 e. The molecule has 0 fully saturated rings. The van der Waals surface area contributed by atoms with E-state index in [9.17, 15) is 23.1 Å². The molecule has 4 nitrogen and oxygen atoms in total. The number of hydrogen-bond donors (Lipinski definition) is 1. The first-order valence-electron chi connectivity index (χ1n) is 10.6. The average Bonchev–Trinajstić information content (AvgIpc) is 3.18. The minimum absolute atomic E-state index is 0.291. The second-order valence-electron chi connectivity index (χ2n) is 8.66. The number of ketones is 1. The van der Waals surface area contributed by atoms with E-state index < -0.39 is 34.7 Å². The first kappa shape index (κ1) is 29.4. The third kappa shape index (κ3) is 11.2. The molecule has 0 saturated heterocycles. The van der Waals surface area contributed by atoms with Crippen LogP contribution in [0.25, 0.3) is 5.57 Å². The number of aliphatic hydroxyl groups excluding tert-OH is 1. The van der Waals surface area contributed by atoms with Gasteiger partial charge in [0.05, 0.1) is 23.8 Å². The molecule has 1 aromatic rings. The topological polar surface area (TPSA) is 62.8 Å². The summed E-state index contributed by atoms with van der Waals surface area (Å²) in [6, 6.07) is 1.53. The van der Waals surface area contributed by atoms with E-state index in [1.807, 2.05) is 0 Å². The highest BCUT2D eigenvalue weighted by atomic mass is 19.4. The highest BCUT2D eigenvalue weighted by Crippen LogP contribution is 2.31. The largest absolute Gasteiger partial charge is 0.510 e. The highest BCUT2D eigenvalue weighted by Gasteiger charge is 2.36. The highest BCUT2D eigenvalue weighted by molar-refractivity contribution is 6.05. The predicted molar refractivity (Wildman–Crippen MR) is 125 cm³/mol. The van der Waals surface area contributed by atoms with E-state index in [0.717, 1.165) is 19.9 Å². The fourth-order valence-corrected chi connectivity index (χ4v) is 2.66. The van der Waals surface area contributed by atoms with Crippen molar-refractivity contribution in [2.45, 2.75) is 80.8 Å². The summed E-state index contributed by atoms with van der Waals surface area (Å²) in [6.07, 6.45) is 4.50. The van der Waals surface area contributed by atoms with Gasteiger partial charge in [0.25, 0.3) is 0 Å². The molecule has 1 heterocycles. The smallest absolute Gasteiger partial charge is 0.418 e. The van der Waals surface area contributed by atoms with Gasteiger partial charge in [0, 0.05) is 12.5 Å². The van der Waals surface area contributed by atoms with Gasteiger partial charge in [0.2, 0.25) is 0 Å². The van der Waals surface area contributed by atoms with Gasteiger partial charge in [-0.05, 0) is 50.3 Å². The van der Waals surface area contributed by atoms with Crippen LogP contribution in [0.2, 0.25) is 0 Å². The number of aliphatic imine (C=N–C) groups is 1. The van der Waals surface area contributed by atoms with E-state index in [1.165, 1.54) is 50.9 Å². The van der Waals surface area contributed by atoms with Gasteiger partial charge in [-0.3, -0.25) is 4.79 Å². The number of alkyl halides is 3. The number of hydrogen-bond acceptors (Lipinski definition) is 4. The van der Waals surface area contributed by atoms with Crippen molar-refractivity contribution in [1.82, 2.24) is 0 Å². The summed E-state index contributed by atoms with van der Waals surface area (Å²) in [5.74, 6) is -1.07. The molecule has 0 aliphatic carbocycles. The van der Waals surface area contributed by atoms with Crippen LogP contribution < -0.4 is 0 Å². The van der Waals surface area contributed by atoms with Crippen molar-refractivity contribution in [3.8, 4) is 0 Å². The molecule has 0 atom stereocenters. The Bertz CT molecular complexity index is 846. The average molecular weight is 456 g/mol. The number of carbonyl (C=O) groups is 1. The number of carbonyl (C=O) groups excluding carboxylic acids is 1. The van der Waals surface area contributed by atoms with Gasteiger partial charge in [0.1, 0.15) is 11.5 Å². The van der Waals surface area contributed by atoms with Crippen LogP contribution in [-0.2, 0) is 4.79 Å². The summed E-state index contributed by atoms with van der Waals surface area (Å²) in [4.78, 5) is 15.1. The second-order valence-corrected chi connectivity index (χ2v) is 8.66. The van der Waals surface area contributed by atoms with E-state index in [2.05, 4.69) is 32.7 Å². The number of nitrogens with zero attached hydrogens (tertiary/aromatic N) is 1. The van der Waals surface area contributed by atoms with Crippen LogP contribution >= 0.6 is 0 Å². The summed E-state index contributed by atoms with van der Waals surface area (Å²) in [6.45, 7) is 14.2. The zero-order chi connectivity index (χ0) is 25.1. The lowest BCUT2D eigenvalue weighted by Crippen LogP contribution is -2.19. The van der Waals surface area contributed by atoms with Crippen molar-refractivity contribution in [3.05, 3.63) is 53.3 Å². The molecule has 0 aliphatic heterocycles. The van der Waals surface area contributed by atoms with Crippen molar-refractivity contribution in [2.24, 2.45) is 10.4 Å². The fourth-order valence-electron chi connectivity index (χ4n) is 2.66. The molecule has 0 saturated carbocycles. The number of aliphatic hydroxyl groups is 1. The van der Waals surface area contributed by atoms with Crippen LogP contribution in [0.1, 0.15) is 80.2 Å². The van der Waals surface area contributed by atoms with Crippen LogP contribution in [0.5, 0.6) is 0 Å². The molecular formula is C25H36F3NO3. The number of allylic oxidation sites excluding steroid dienone is 6. The van der Waals surface area contributed by atoms with Crippen molar-refractivity contribution in [2.75, 3.05) is 0 Å². The molecular weight excluding hydrogens is 419 g/mol. The van der Waals surface area contributed by atoms with E-state index in [4.69, 9.17) is 4.42 Å². The van der Waals surface area contributed by atoms with Crippen LogP contribution in [0.3, 0.4) is 0 Å². The van der Waals surface area contributed by atoms with Gasteiger partial charge >= 0.3 is 6.18 Å². The zero-order valence-corrected chi connectivity index (χ0v) is 20.4. The van der Waals surface area contributed by atoms with Crippen LogP contribution in [0.15, 0.2) is 57.2 Å². The second kappa shape index (κ2) is 13.1. The third-order valence-corrected chi connectivity index (χ3v) is 4.40. The van der Waals surface area contributed by atoms with Gasteiger partial charge in [-0.25, -0.2) is 4.99 Å². The van der Waals surface area contributed by atoms with E-state index >= 15 is 0 Å². The summed E-state index contributed by atoms with van der Waals surface area (Å²) in [7, 11) is 0. The van der Waals surface area contributed by atoms with Gasteiger partial charge in [0.15, 0.2) is 5.78 Å². The molecule has 180 valence electrons. The Morgan fingerprint density at radius 1 is 1.19 bits per heavy atom. The minimum Gasteiger partial charge on any atom is -0.510 e. The molecule has 0 bridgehead atoms. The summed E-state index contributed by atoms with van der Waals surface area (Å²) in [5, 5.41) is 9.42. The first-order valence-corrected chi connectivity index (χ1v) is 10.6. The minimum atomic E-state index is -4.68. The monoisotopic (exact) mass is 455 g/mol. The summed E-state index contributed by atoms with van der Waals surface area (Å²) < 4.78 is 45.1. The maximum absolute atomic E-state index is 13.4. The zero-order valence-electron chi connectivity index (χ0n) is 20.4. The Kier molecular flexibility index (Phi) is 12.0. The Balaban J connectivity index is 0.00000102. The normalized spacial score (nSPS) is 14.5. The van der Waals surface area contributed by atoms with Crippen LogP contribution in [-0.4, -0.2) is 22.8 Å². The van der Waals surface area contributed by atoms with Gasteiger partial charge in [-0.1, -0.05) is 46.6 Å².